The van der Waals surface area contributed by atoms with Gasteiger partial charge in [0.15, 0.2) is 0 Å². The first-order valence-corrected chi connectivity index (χ1v) is 7.30. The number of amides is 1. The van der Waals surface area contributed by atoms with Gasteiger partial charge in [0, 0.05) is 5.92 Å². The molecule has 0 aliphatic heterocycles. The average molecular weight is 250 g/mol. The third-order valence-electron chi connectivity index (χ3n) is 4.28. The minimum atomic E-state index is -0.593. The molecule has 0 heterocycles. The molecule has 1 unspecified atom stereocenters. The summed E-state index contributed by atoms with van der Waals surface area (Å²) in [5, 5.41) is 12.4. The molecule has 0 saturated heterocycles. The van der Waals surface area contributed by atoms with Crippen molar-refractivity contribution in [3.8, 4) is 6.07 Å². The van der Waals surface area contributed by atoms with E-state index in [9.17, 15) is 10.1 Å². The van der Waals surface area contributed by atoms with Crippen molar-refractivity contribution in [3.63, 3.8) is 0 Å². The van der Waals surface area contributed by atoms with Crippen LogP contribution in [0.2, 0.25) is 0 Å². The van der Waals surface area contributed by atoms with Crippen molar-refractivity contribution in [1.82, 2.24) is 5.32 Å². The van der Waals surface area contributed by atoms with Crippen LogP contribution >= 0.6 is 0 Å². The molecule has 0 aromatic heterocycles. The molecule has 1 atom stereocenters. The van der Waals surface area contributed by atoms with Gasteiger partial charge < -0.3 is 5.32 Å². The maximum atomic E-state index is 12.1. The third kappa shape index (κ3) is 3.73. The first-order chi connectivity index (χ1) is 8.56. The average Bonchev–Trinajstić information content (AvgIpc) is 2.39. The highest BCUT2D eigenvalue weighted by molar-refractivity contribution is 5.79. The standard InChI is InChI=1S/C15H26N2O/c1-4-6-12(3)14(18)17-15(11-16)9-7-13(5-2)8-10-15/h12-13H,4-10H2,1-3H3,(H,17,18). The van der Waals surface area contributed by atoms with Gasteiger partial charge in [-0.05, 0) is 38.0 Å². The Morgan fingerprint density at radius 3 is 2.50 bits per heavy atom. The van der Waals surface area contributed by atoms with Crippen molar-refractivity contribution < 1.29 is 4.79 Å². The number of carbonyl (C=O) groups excluding carboxylic acids is 1. The van der Waals surface area contributed by atoms with Gasteiger partial charge in [-0.15, -0.1) is 0 Å². The molecule has 18 heavy (non-hydrogen) atoms. The van der Waals surface area contributed by atoms with E-state index in [-0.39, 0.29) is 11.8 Å². The molecular weight excluding hydrogens is 224 g/mol. The molecule has 1 N–H and O–H groups in total. The number of hydrogen-bond donors (Lipinski definition) is 1. The van der Waals surface area contributed by atoms with Gasteiger partial charge in [-0.2, -0.15) is 5.26 Å². The van der Waals surface area contributed by atoms with Crippen LogP contribution in [0.3, 0.4) is 0 Å². The summed E-state index contributed by atoms with van der Waals surface area (Å²) in [5.74, 6) is 0.800. The summed E-state index contributed by atoms with van der Waals surface area (Å²) < 4.78 is 0. The van der Waals surface area contributed by atoms with Gasteiger partial charge in [-0.1, -0.05) is 33.6 Å². The minimum absolute atomic E-state index is 0.0177. The highest BCUT2D eigenvalue weighted by Gasteiger charge is 2.36. The van der Waals surface area contributed by atoms with Crippen LogP contribution in [0, 0.1) is 23.2 Å². The molecular formula is C15H26N2O. The van der Waals surface area contributed by atoms with E-state index in [2.05, 4.69) is 25.2 Å². The SMILES string of the molecule is CCCC(C)C(=O)NC1(C#N)CCC(CC)CC1. The second-order valence-electron chi connectivity index (χ2n) is 5.72. The molecule has 0 spiro atoms. The monoisotopic (exact) mass is 250 g/mol. The van der Waals surface area contributed by atoms with E-state index in [0.29, 0.717) is 0 Å². The number of hydrogen-bond acceptors (Lipinski definition) is 2. The molecule has 3 heteroatoms. The van der Waals surface area contributed by atoms with Crippen molar-refractivity contribution in [2.45, 2.75) is 71.3 Å². The van der Waals surface area contributed by atoms with Crippen molar-refractivity contribution in [2.24, 2.45) is 11.8 Å². The quantitative estimate of drug-likeness (QED) is 0.813. The molecule has 0 aromatic rings. The minimum Gasteiger partial charge on any atom is -0.338 e. The Morgan fingerprint density at radius 1 is 1.44 bits per heavy atom. The predicted octanol–water partition coefficient (Wildman–Crippen LogP) is 3.40. The van der Waals surface area contributed by atoms with Crippen molar-refractivity contribution in [3.05, 3.63) is 0 Å². The molecule has 102 valence electrons. The third-order valence-corrected chi connectivity index (χ3v) is 4.28. The van der Waals surface area contributed by atoms with Crippen LogP contribution in [0.4, 0.5) is 0 Å². The van der Waals surface area contributed by atoms with Gasteiger partial charge in [0.25, 0.3) is 0 Å². The number of nitrogens with zero attached hydrogens (tertiary/aromatic N) is 1. The molecule has 0 radical (unpaired) electrons. The summed E-state index contributed by atoms with van der Waals surface area (Å²) in [4.78, 5) is 12.1. The highest BCUT2D eigenvalue weighted by atomic mass is 16.2. The van der Waals surface area contributed by atoms with Crippen LogP contribution < -0.4 is 5.32 Å². The lowest BCUT2D eigenvalue weighted by Gasteiger charge is -2.36. The molecule has 1 aliphatic rings. The number of rotatable bonds is 5. The van der Waals surface area contributed by atoms with Crippen LogP contribution in [-0.4, -0.2) is 11.4 Å². The summed E-state index contributed by atoms with van der Waals surface area (Å²) in [6.45, 7) is 6.23. The van der Waals surface area contributed by atoms with E-state index < -0.39 is 5.54 Å². The molecule has 0 aromatic carbocycles. The van der Waals surface area contributed by atoms with E-state index in [0.717, 1.165) is 44.4 Å². The van der Waals surface area contributed by atoms with E-state index >= 15 is 0 Å². The highest BCUT2D eigenvalue weighted by Crippen LogP contribution is 2.33. The lowest BCUT2D eigenvalue weighted by atomic mass is 9.76. The zero-order valence-corrected chi connectivity index (χ0v) is 12.0. The first kappa shape index (κ1) is 15.0. The van der Waals surface area contributed by atoms with Gasteiger partial charge in [0.1, 0.15) is 5.54 Å². The van der Waals surface area contributed by atoms with Crippen LogP contribution in [0.15, 0.2) is 0 Å². The Morgan fingerprint density at radius 2 is 2.06 bits per heavy atom. The van der Waals surface area contributed by atoms with Gasteiger partial charge in [0.2, 0.25) is 5.91 Å². The molecule has 1 rings (SSSR count). The smallest absolute Gasteiger partial charge is 0.224 e. The lowest BCUT2D eigenvalue weighted by molar-refractivity contribution is -0.126. The summed E-state index contributed by atoms with van der Waals surface area (Å²) in [7, 11) is 0. The Labute approximate surface area is 111 Å². The Bertz CT molecular complexity index is 311. The Hall–Kier alpha value is -1.04. The van der Waals surface area contributed by atoms with E-state index in [1.165, 1.54) is 6.42 Å². The topological polar surface area (TPSA) is 52.9 Å². The van der Waals surface area contributed by atoms with Gasteiger partial charge in [0.05, 0.1) is 6.07 Å². The summed E-state index contributed by atoms with van der Waals surface area (Å²) in [6, 6.07) is 2.36. The molecule has 3 nitrogen and oxygen atoms in total. The molecule has 1 amide bonds. The van der Waals surface area contributed by atoms with E-state index in [4.69, 9.17) is 0 Å². The summed E-state index contributed by atoms with van der Waals surface area (Å²) in [5.41, 5.74) is -0.593. The van der Waals surface area contributed by atoms with Gasteiger partial charge in [-0.3, -0.25) is 4.79 Å². The molecule has 1 saturated carbocycles. The van der Waals surface area contributed by atoms with Crippen LogP contribution in [0.5, 0.6) is 0 Å². The van der Waals surface area contributed by atoms with Gasteiger partial charge >= 0.3 is 0 Å². The van der Waals surface area contributed by atoms with Gasteiger partial charge in [-0.25, -0.2) is 0 Å². The van der Waals surface area contributed by atoms with Crippen LogP contribution in [-0.2, 0) is 4.79 Å². The van der Waals surface area contributed by atoms with Crippen molar-refractivity contribution >= 4 is 5.91 Å². The fourth-order valence-electron chi connectivity index (χ4n) is 2.77. The fraction of sp³-hybridized carbons (Fsp3) is 0.867. The summed E-state index contributed by atoms with van der Waals surface area (Å²) >= 11 is 0. The molecule has 1 aliphatic carbocycles. The summed E-state index contributed by atoms with van der Waals surface area (Å²) in [6.07, 6.45) is 6.83. The predicted molar refractivity (Wildman–Crippen MR) is 72.8 cm³/mol. The fourth-order valence-corrected chi connectivity index (χ4v) is 2.77. The zero-order chi connectivity index (χ0) is 13.6. The van der Waals surface area contributed by atoms with Crippen molar-refractivity contribution in [2.75, 3.05) is 0 Å². The second kappa shape index (κ2) is 6.78. The van der Waals surface area contributed by atoms with Crippen molar-refractivity contribution in [1.29, 1.82) is 5.26 Å². The van der Waals surface area contributed by atoms with Crippen LogP contribution in [0.1, 0.15) is 65.7 Å². The molecule has 0 bridgehead atoms. The number of nitriles is 1. The maximum Gasteiger partial charge on any atom is 0.224 e. The number of nitrogens with one attached hydrogen (secondary N) is 1. The van der Waals surface area contributed by atoms with E-state index in [1.807, 2.05) is 6.92 Å². The maximum absolute atomic E-state index is 12.1. The Balaban J connectivity index is 2.57. The van der Waals surface area contributed by atoms with Crippen LogP contribution in [0.25, 0.3) is 0 Å². The van der Waals surface area contributed by atoms with E-state index in [1.54, 1.807) is 0 Å². The zero-order valence-electron chi connectivity index (χ0n) is 12.0. The Kier molecular flexibility index (Phi) is 5.65. The second-order valence-corrected chi connectivity index (χ2v) is 5.72. The first-order valence-electron chi connectivity index (χ1n) is 7.30. The molecule has 1 fully saturated rings. The largest absolute Gasteiger partial charge is 0.338 e. The normalized spacial score (nSPS) is 29.3. The lowest BCUT2D eigenvalue weighted by Crippen LogP contribution is -2.51. The number of carbonyl (C=O) groups is 1.